The van der Waals surface area contributed by atoms with Crippen molar-refractivity contribution in [3.05, 3.63) is 23.3 Å². The third kappa shape index (κ3) is 2.41. The number of fused-ring (bicyclic) bond motifs is 2. The predicted molar refractivity (Wildman–Crippen MR) is 78.3 cm³/mol. The highest BCUT2D eigenvalue weighted by molar-refractivity contribution is 5.85. The van der Waals surface area contributed by atoms with E-state index in [-0.39, 0.29) is 12.4 Å². The lowest BCUT2D eigenvalue weighted by Crippen LogP contribution is -2.24. The van der Waals surface area contributed by atoms with Gasteiger partial charge in [-0.15, -0.1) is 12.4 Å². The molecule has 0 amide bonds. The fraction of sp³-hybridized carbons (Fsp3) is 0.600. The van der Waals surface area contributed by atoms with E-state index in [0.717, 1.165) is 17.4 Å². The zero-order valence-corrected chi connectivity index (χ0v) is 12.6. The summed E-state index contributed by atoms with van der Waals surface area (Å²) in [6, 6.07) is 4.90. The molecule has 0 unspecified atom stereocenters. The first-order valence-corrected chi connectivity index (χ1v) is 6.79. The second kappa shape index (κ2) is 5.59. The van der Waals surface area contributed by atoms with Crippen molar-refractivity contribution in [1.29, 1.82) is 0 Å². The molecule has 4 heteroatoms. The summed E-state index contributed by atoms with van der Waals surface area (Å²) >= 11 is 0. The van der Waals surface area contributed by atoms with Gasteiger partial charge in [0.1, 0.15) is 0 Å². The molecule has 0 spiro atoms. The Bertz CT molecular complexity index is 462. The molecule has 19 heavy (non-hydrogen) atoms. The molecule has 0 saturated heterocycles. The molecule has 3 nitrogen and oxygen atoms in total. The first-order valence-electron chi connectivity index (χ1n) is 6.79. The Balaban J connectivity index is 0.00000133. The SMILES string of the molecule is CCC[C@@H]1Cc2cc3c(cc2[C@H]1N(C)C)OCO3.Cl. The predicted octanol–water partition coefficient (Wildman–Crippen LogP) is 3.41. The summed E-state index contributed by atoms with van der Waals surface area (Å²) < 4.78 is 11.0. The van der Waals surface area contributed by atoms with Gasteiger partial charge in [0.25, 0.3) is 0 Å². The average Bonchev–Trinajstić information content (AvgIpc) is 2.88. The van der Waals surface area contributed by atoms with Gasteiger partial charge in [-0.2, -0.15) is 0 Å². The van der Waals surface area contributed by atoms with Crippen molar-refractivity contribution in [1.82, 2.24) is 4.90 Å². The quantitative estimate of drug-likeness (QED) is 0.848. The maximum absolute atomic E-state index is 5.51. The van der Waals surface area contributed by atoms with Crippen LogP contribution in [0, 0.1) is 5.92 Å². The summed E-state index contributed by atoms with van der Waals surface area (Å²) in [6.45, 7) is 2.63. The molecule has 1 heterocycles. The molecule has 2 aliphatic rings. The van der Waals surface area contributed by atoms with Crippen LogP contribution < -0.4 is 9.47 Å². The summed E-state index contributed by atoms with van der Waals surface area (Å²) in [5, 5.41) is 0. The number of hydrogen-bond acceptors (Lipinski definition) is 3. The van der Waals surface area contributed by atoms with Crippen molar-refractivity contribution in [3.63, 3.8) is 0 Å². The molecule has 2 atom stereocenters. The summed E-state index contributed by atoms with van der Waals surface area (Å²) in [4.78, 5) is 2.34. The number of rotatable bonds is 3. The van der Waals surface area contributed by atoms with Gasteiger partial charge in [-0.25, -0.2) is 0 Å². The van der Waals surface area contributed by atoms with E-state index in [1.807, 2.05) is 0 Å². The van der Waals surface area contributed by atoms with Crippen molar-refractivity contribution in [3.8, 4) is 11.5 Å². The van der Waals surface area contributed by atoms with E-state index in [1.54, 1.807) is 0 Å². The van der Waals surface area contributed by atoms with Gasteiger partial charge in [-0.3, -0.25) is 0 Å². The largest absolute Gasteiger partial charge is 0.454 e. The minimum Gasteiger partial charge on any atom is -0.454 e. The van der Waals surface area contributed by atoms with Crippen LogP contribution in [-0.4, -0.2) is 25.8 Å². The molecular weight excluding hydrogens is 262 g/mol. The Kier molecular flexibility index (Phi) is 4.26. The molecule has 0 N–H and O–H groups in total. The summed E-state index contributed by atoms with van der Waals surface area (Å²) in [6.07, 6.45) is 3.70. The number of ether oxygens (including phenoxy) is 2. The lowest BCUT2D eigenvalue weighted by Gasteiger charge is -2.27. The maximum atomic E-state index is 5.51. The van der Waals surface area contributed by atoms with Crippen LogP contribution in [0.4, 0.5) is 0 Å². The summed E-state index contributed by atoms with van der Waals surface area (Å²) in [7, 11) is 4.35. The topological polar surface area (TPSA) is 21.7 Å². The number of halogens is 1. The standard InChI is InChI=1S/C15H21NO2.ClH/c1-4-5-10-6-11-7-13-14(18-9-17-13)8-12(11)15(10)16(2)3;/h7-8,10,15H,4-6,9H2,1-3H3;1H/t10-,15+;/m1./s1. The molecule has 0 radical (unpaired) electrons. The van der Waals surface area contributed by atoms with Crippen LogP contribution in [0.15, 0.2) is 12.1 Å². The molecule has 0 saturated carbocycles. The zero-order valence-electron chi connectivity index (χ0n) is 11.8. The van der Waals surface area contributed by atoms with Crippen molar-refractivity contribution in [2.75, 3.05) is 20.9 Å². The van der Waals surface area contributed by atoms with E-state index in [4.69, 9.17) is 9.47 Å². The van der Waals surface area contributed by atoms with Gasteiger partial charge >= 0.3 is 0 Å². The van der Waals surface area contributed by atoms with Crippen molar-refractivity contribution >= 4 is 12.4 Å². The number of benzene rings is 1. The van der Waals surface area contributed by atoms with Crippen molar-refractivity contribution < 1.29 is 9.47 Å². The fourth-order valence-electron chi connectivity index (χ4n) is 3.43. The Morgan fingerprint density at radius 2 is 1.89 bits per heavy atom. The van der Waals surface area contributed by atoms with E-state index in [1.165, 1.54) is 30.4 Å². The molecule has 1 aromatic carbocycles. The zero-order chi connectivity index (χ0) is 12.7. The number of hydrogen-bond donors (Lipinski definition) is 0. The minimum atomic E-state index is 0. The van der Waals surface area contributed by atoms with Gasteiger partial charge in [0.2, 0.25) is 6.79 Å². The van der Waals surface area contributed by atoms with Crippen LogP contribution >= 0.6 is 12.4 Å². The molecule has 1 aliphatic heterocycles. The van der Waals surface area contributed by atoms with Crippen LogP contribution in [0.2, 0.25) is 0 Å². The van der Waals surface area contributed by atoms with Gasteiger partial charge in [-0.05, 0) is 56.1 Å². The van der Waals surface area contributed by atoms with Gasteiger partial charge in [-0.1, -0.05) is 13.3 Å². The lowest BCUT2D eigenvalue weighted by molar-refractivity contribution is 0.173. The second-order valence-corrected chi connectivity index (χ2v) is 5.57. The highest BCUT2D eigenvalue weighted by Gasteiger charge is 2.35. The van der Waals surface area contributed by atoms with Gasteiger partial charge in [0.05, 0.1) is 0 Å². The maximum Gasteiger partial charge on any atom is 0.231 e. The molecule has 0 bridgehead atoms. The first-order chi connectivity index (χ1) is 8.70. The van der Waals surface area contributed by atoms with Gasteiger partial charge in [0, 0.05) is 6.04 Å². The Morgan fingerprint density at radius 3 is 2.53 bits per heavy atom. The van der Waals surface area contributed by atoms with Crippen molar-refractivity contribution in [2.45, 2.75) is 32.2 Å². The molecular formula is C15H22ClNO2. The summed E-state index contributed by atoms with van der Waals surface area (Å²) in [5.74, 6) is 2.56. The minimum absolute atomic E-state index is 0. The van der Waals surface area contributed by atoms with E-state index < -0.39 is 0 Å². The van der Waals surface area contributed by atoms with Crippen LogP contribution in [0.1, 0.15) is 36.9 Å². The molecule has 1 aliphatic carbocycles. The van der Waals surface area contributed by atoms with Crippen LogP contribution in [-0.2, 0) is 6.42 Å². The van der Waals surface area contributed by atoms with E-state index >= 15 is 0 Å². The Hall–Kier alpha value is -0.930. The smallest absolute Gasteiger partial charge is 0.231 e. The summed E-state index contributed by atoms with van der Waals surface area (Å²) in [5.41, 5.74) is 2.87. The fourth-order valence-corrected chi connectivity index (χ4v) is 3.43. The monoisotopic (exact) mass is 283 g/mol. The molecule has 106 valence electrons. The average molecular weight is 284 g/mol. The normalized spacial score (nSPS) is 23.4. The van der Waals surface area contributed by atoms with E-state index in [2.05, 4.69) is 38.1 Å². The highest BCUT2D eigenvalue weighted by atomic mass is 35.5. The molecule has 3 rings (SSSR count). The Labute approximate surface area is 121 Å². The highest BCUT2D eigenvalue weighted by Crippen LogP contribution is 2.46. The van der Waals surface area contributed by atoms with Crippen LogP contribution in [0.5, 0.6) is 11.5 Å². The second-order valence-electron chi connectivity index (χ2n) is 5.57. The molecule has 1 aromatic rings. The van der Waals surface area contributed by atoms with Crippen molar-refractivity contribution in [2.24, 2.45) is 5.92 Å². The molecule has 0 fully saturated rings. The third-order valence-electron chi connectivity index (χ3n) is 4.10. The number of nitrogens with zero attached hydrogens (tertiary/aromatic N) is 1. The lowest BCUT2D eigenvalue weighted by atomic mass is 9.95. The van der Waals surface area contributed by atoms with E-state index in [9.17, 15) is 0 Å². The third-order valence-corrected chi connectivity index (χ3v) is 4.10. The van der Waals surface area contributed by atoms with Crippen LogP contribution in [0.25, 0.3) is 0 Å². The van der Waals surface area contributed by atoms with Crippen LogP contribution in [0.3, 0.4) is 0 Å². The van der Waals surface area contributed by atoms with E-state index in [0.29, 0.717) is 12.8 Å². The first kappa shape index (κ1) is 14.5. The Morgan fingerprint density at radius 1 is 1.21 bits per heavy atom. The van der Waals surface area contributed by atoms with Gasteiger partial charge < -0.3 is 14.4 Å². The molecule has 0 aromatic heterocycles. The van der Waals surface area contributed by atoms with Gasteiger partial charge in [0.15, 0.2) is 11.5 Å².